The lowest BCUT2D eigenvalue weighted by Gasteiger charge is -2.34. The van der Waals surface area contributed by atoms with E-state index >= 15 is 0 Å². The van der Waals surface area contributed by atoms with Gasteiger partial charge in [0.1, 0.15) is 6.61 Å². The summed E-state index contributed by atoms with van der Waals surface area (Å²) in [5.74, 6) is -0.949. The van der Waals surface area contributed by atoms with Crippen LogP contribution in [0.15, 0.2) is 48.5 Å². The van der Waals surface area contributed by atoms with Crippen molar-refractivity contribution in [1.29, 1.82) is 0 Å². The Kier molecular flexibility index (Phi) is 5.82. The second kappa shape index (κ2) is 8.70. The fourth-order valence-electron chi connectivity index (χ4n) is 6.28. The number of fused-ring (bicyclic) bond motifs is 4. The Bertz CT molecular complexity index is 1130. The zero-order valence-corrected chi connectivity index (χ0v) is 20.3. The van der Waals surface area contributed by atoms with Gasteiger partial charge in [-0.15, -0.1) is 0 Å². The minimum atomic E-state index is -0.872. The number of aliphatic carboxylic acids is 1. The number of alkyl carbamates (subject to hydrolysis) is 1. The lowest BCUT2D eigenvalue weighted by atomic mass is 9.82. The lowest BCUT2D eigenvalue weighted by Crippen LogP contribution is -2.50. The summed E-state index contributed by atoms with van der Waals surface area (Å²) < 4.78 is 5.60. The van der Waals surface area contributed by atoms with Gasteiger partial charge in [-0.3, -0.25) is 9.59 Å². The van der Waals surface area contributed by atoms with Crippen LogP contribution in [0, 0.1) is 10.8 Å². The van der Waals surface area contributed by atoms with Crippen LogP contribution in [-0.4, -0.2) is 53.7 Å². The largest absolute Gasteiger partial charge is 0.481 e. The molecule has 0 spiro atoms. The lowest BCUT2D eigenvalue weighted by molar-refractivity contribution is -0.151. The zero-order valence-electron chi connectivity index (χ0n) is 20.3. The van der Waals surface area contributed by atoms with Gasteiger partial charge < -0.3 is 20.1 Å². The van der Waals surface area contributed by atoms with Gasteiger partial charge in [-0.1, -0.05) is 55.0 Å². The molecule has 2 fully saturated rings. The molecule has 0 aromatic heterocycles. The molecule has 3 aliphatic rings. The molecular weight excluding hydrogens is 444 g/mol. The molecule has 7 heteroatoms. The highest BCUT2D eigenvalue weighted by Gasteiger charge is 2.57. The Labute approximate surface area is 205 Å². The number of hydrogen-bond donors (Lipinski definition) is 2. The van der Waals surface area contributed by atoms with Crippen LogP contribution in [0.3, 0.4) is 0 Å². The number of rotatable bonds is 6. The Hall–Kier alpha value is -3.35. The van der Waals surface area contributed by atoms with Crippen molar-refractivity contribution in [2.24, 2.45) is 10.8 Å². The highest BCUT2D eigenvalue weighted by molar-refractivity contribution is 5.86. The summed E-state index contributed by atoms with van der Waals surface area (Å²) in [4.78, 5) is 39.7. The van der Waals surface area contributed by atoms with E-state index in [2.05, 4.69) is 29.6 Å². The Balaban J connectivity index is 1.19. The number of ether oxygens (including phenoxy) is 1. The standard InChI is InChI=1S/C28H32N2O5/c1-27(2,24(31)30-15-14-28(25(32)33)13-7-12-23(28)30)17-29-26(34)35-16-22-20-10-5-3-8-18(20)19-9-4-6-11-21(19)22/h3-6,8-11,22-23H,7,12-17H2,1-2H3,(H,29,34)(H,32,33). The maximum atomic E-state index is 13.4. The number of benzene rings is 2. The van der Waals surface area contributed by atoms with E-state index in [1.807, 2.05) is 24.3 Å². The maximum absolute atomic E-state index is 13.4. The summed E-state index contributed by atoms with van der Waals surface area (Å²) >= 11 is 0. The molecule has 2 atom stereocenters. The quantitative estimate of drug-likeness (QED) is 0.644. The van der Waals surface area contributed by atoms with E-state index in [0.717, 1.165) is 17.5 Å². The SMILES string of the molecule is CC(C)(CNC(=O)OCC1c2ccccc2-c2ccccc21)C(=O)N1CCC2(C(=O)O)CCCC12. The summed E-state index contributed by atoms with van der Waals surface area (Å²) in [6.45, 7) is 4.35. The molecule has 1 aliphatic heterocycles. The Morgan fingerprint density at radius 1 is 1.06 bits per heavy atom. The molecule has 2 aliphatic carbocycles. The van der Waals surface area contributed by atoms with E-state index in [9.17, 15) is 19.5 Å². The van der Waals surface area contributed by atoms with E-state index in [4.69, 9.17) is 4.74 Å². The fourth-order valence-corrected chi connectivity index (χ4v) is 6.28. The van der Waals surface area contributed by atoms with Crippen molar-refractivity contribution < 1.29 is 24.2 Å². The van der Waals surface area contributed by atoms with Crippen molar-refractivity contribution in [2.45, 2.75) is 51.5 Å². The van der Waals surface area contributed by atoms with E-state index in [0.29, 0.717) is 25.8 Å². The van der Waals surface area contributed by atoms with Crippen LogP contribution in [0.2, 0.25) is 0 Å². The van der Waals surface area contributed by atoms with E-state index in [1.54, 1.807) is 18.7 Å². The molecule has 2 aromatic carbocycles. The molecule has 2 N–H and O–H groups in total. The van der Waals surface area contributed by atoms with Crippen molar-refractivity contribution in [2.75, 3.05) is 19.7 Å². The first-order valence-corrected chi connectivity index (χ1v) is 12.4. The predicted molar refractivity (Wildman–Crippen MR) is 131 cm³/mol. The van der Waals surface area contributed by atoms with E-state index < -0.39 is 22.9 Å². The Morgan fingerprint density at radius 2 is 1.69 bits per heavy atom. The number of likely N-dealkylation sites (tertiary alicyclic amines) is 1. The van der Waals surface area contributed by atoms with Crippen LogP contribution in [0.4, 0.5) is 4.79 Å². The number of carbonyl (C=O) groups excluding carboxylic acids is 2. The molecule has 2 aromatic rings. The van der Waals surface area contributed by atoms with Gasteiger partial charge in [0.2, 0.25) is 5.91 Å². The molecule has 1 saturated carbocycles. The van der Waals surface area contributed by atoms with Crippen molar-refractivity contribution in [3.05, 3.63) is 59.7 Å². The maximum Gasteiger partial charge on any atom is 0.407 e. The molecule has 184 valence electrons. The molecule has 1 saturated heterocycles. The smallest absolute Gasteiger partial charge is 0.407 e. The second-order valence-corrected chi connectivity index (χ2v) is 10.7. The molecular formula is C28H32N2O5. The number of carboxylic acids is 1. The monoisotopic (exact) mass is 476 g/mol. The summed E-state index contributed by atoms with van der Waals surface area (Å²) in [5.41, 5.74) is 2.93. The predicted octanol–water partition coefficient (Wildman–Crippen LogP) is 4.41. The number of nitrogens with one attached hydrogen (secondary N) is 1. The van der Waals surface area contributed by atoms with Crippen LogP contribution >= 0.6 is 0 Å². The first kappa shape index (κ1) is 23.4. The van der Waals surface area contributed by atoms with Gasteiger partial charge in [0.25, 0.3) is 0 Å². The van der Waals surface area contributed by atoms with Gasteiger partial charge >= 0.3 is 12.1 Å². The first-order valence-electron chi connectivity index (χ1n) is 12.4. The van der Waals surface area contributed by atoms with Gasteiger partial charge in [0.05, 0.1) is 10.8 Å². The summed E-state index contributed by atoms with van der Waals surface area (Å²) in [6.07, 6.45) is 2.09. The van der Waals surface area contributed by atoms with Crippen LogP contribution in [-0.2, 0) is 14.3 Å². The van der Waals surface area contributed by atoms with Gasteiger partial charge in [0.15, 0.2) is 0 Å². The first-order chi connectivity index (χ1) is 16.7. The summed E-state index contributed by atoms with van der Waals surface area (Å²) in [6, 6.07) is 16.1. The van der Waals surface area contributed by atoms with E-state index in [1.165, 1.54) is 11.1 Å². The van der Waals surface area contributed by atoms with Gasteiger partial charge in [-0.2, -0.15) is 0 Å². The third kappa shape index (κ3) is 3.87. The van der Waals surface area contributed by atoms with Crippen molar-refractivity contribution >= 4 is 18.0 Å². The number of hydrogen-bond acceptors (Lipinski definition) is 4. The molecule has 1 heterocycles. The molecule has 2 unspecified atom stereocenters. The third-order valence-corrected chi connectivity index (χ3v) is 8.20. The zero-order chi connectivity index (χ0) is 24.8. The molecule has 5 rings (SSSR count). The van der Waals surface area contributed by atoms with Gasteiger partial charge in [0, 0.05) is 25.0 Å². The number of carboxylic acid groups (broad SMARTS) is 1. The van der Waals surface area contributed by atoms with Crippen LogP contribution in [0.1, 0.15) is 56.6 Å². The van der Waals surface area contributed by atoms with Crippen molar-refractivity contribution in [1.82, 2.24) is 10.2 Å². The third-order valence-electron chi connectivity index (χ3n) is 8.20. The summed E-state index contributed by atoms with van der Waals surface area (Å²) in [5, 5.41) is 12.6. The van der Waals surface area contributed by atoms with Crippen LogP contribution in [0.5, 0.6) is 0 Å². The van der Waals surface area contributed by atoms with Crippen molar-refractivity contribution in [3.63, 3.8) is 0 Å². The minimum absolute atomic E-state index is 0.0288. The van der Waals surface area contributed by atoms with Crippen LogP contribution in [0.25, 0.3) is 11.1 Å². The topological polar surface area (TPSA) is 95.9 Å². The van der Waals surface area contributed by atoms with Crippen LogP contribution < -0.4 is 5.32 Å². The summed E-state index contributed by atoms with van der Waals surface area (Å²) in [7, 11) is 0. The normalized spacial score (nSPS) is 22.9. The highest BCUT2D eigenvalue weighted by atomic mass is 16.5. The fraction of sp³-hybridized carbons (Fsp3) is 0.464. The average Bonchev–Trinajstić information content (AvgIpc) is 3.52. The Morgan fingerprint density at radius 3 is 2.31 bits per heavy atom. The number of carbonyl (C=O) groups is 3. The van der Waals surface area contributed by atoms with Gasteiger partial charge in [-0.25, -0.2) is 4.79 Å². The molecule has 2 amide bonds. The van der Waals surface area contributed by atoms with Gasteiger partial charge in [-0.05, 0) is 55.4 Å². The number of amides is 2. The highest BCUT2D eigenvalue weighted by Crippen LogP contribution is 2.50. The van der Waals surface area contributed by atoms with E-state index in [-0.39, 0.29) is 31.0 Å². The molecule has 0 radical (unpaired) electrons. The average molecular weight is 477 g/mol. The molecule has 7 nitrogen and oxygen atoms in total. The van der Waals surface area contributed by atoms with Crippen molar-refractivity contribution in [3.8, 4) is 11.1 Å². The minimum Gasteiger partial charge on any atom is -0.481 e. The molecule has 0 bridgehead atoms. The number of nitrogens with zero attached hydrogens (tertiary/aromatic N) is 1. The second-order valence-electron chi connectivity index (χ2n) is 10.7. The molecule has 35 heavy (non-hydrogen) atoms.